The fraction of sp³-hybridized carbons (Fsp3) is 0.688. The summed E-state index contributed by atoms with van der Waals surface area (Å²) in [5, 5.41) is 5.72. The molecule has 0 bridgehead atoms. The van der Waals surface area contributed by atoms with E-state index in [1.54, 1.807) is 12.4 Å². The lowest BCUT2D eigenvalue weighted by atomic mass is 10.1. The number of ether oxygens (including phenoxy) is 1. The maximum atomic E-state index is 13.8. The van der Waals surface area contributed by atoms with E-state index in [2.05, 4.69) is 20.6 Å². The summed E-state index contributed by atoms with van der Waals surface area (Å²) in [6.07, 6.45) is 5.51. The van der Waals surface area contributed by atoms with Crippen LogP contribution in [0.1, 0.15) is 18.4 Å². The largest absolute Gasteiger partial charge is 0.381 e. The molecule has 2 fully saturated rings. The maximum absolute atomic E-state index is 13.8. The van der Waals surface area contributed by atoms with Gasteiger partial charge in [0.05, 0.1) is 6.61 Å². The average Bonchev–Trinajstić information content (AvgIpc) is 3.22. The van der Waals surface area contributed by atoms with Crippen molar-refractivity contribution < 1.29 is 13.9 Å². The van der Waals surface area contributed by atoms with Gasteiger partial charge in [-0.15, -0.1) is 0 Å². The summed E-state index contributed by atoms with van der Waals surface area (Å²) in [4.78, 5) is 21.9. The SMILES string of the molecule is O=C(NC[C@@H]1CCOC1)NC[C@@H]1C[C@H](F)CN1Cc1cncnc1. The number of carbonyl (C=O) groups is 1. The number of urea groups is 1. The lowest BCUT2D eigenvalue weighted by Gasteiger charge is -2.24. The second-order valence-corrected chi connectivity index (χ2v) is 6.48. The molecule has 0 saturated carbocycles. The molecule has 2 saturated heterocycles. The summed E-state index contributed by atoms with van der Waals surface area (Å²) in [6, 6.07) is -0.215. The second kappa shape index (κ2) is 8.34. The second-order valence-electron chi connectivity index (χ2n) is 6.48. The van der Waals surface area contributed by atoms with E-state index < -0.39 is 6.17 Å². The summed E-state index contributed by atoms with van der Waals surface area (Å²) in [7, 11) is 0. The summed E-state index contributed by atoms with van der Waals surface area (Å²) in [5.74, 6) is 0.395. The number of hydrogen-bond donors (Lipinski definition) is 2. The third-order valence-corrected chi connectivity index (χ3v) is 4.55. The number of likely N-dealkylation sites (tertiary alicyclic amines) is 1. The highest BCUT2D eigenvalue weighted by Gasteiger charge is 2.32. The van der Waals surface area contributed by atoms with Crippen molar-refractivity contribution in [3.63, 3.8) is 0 Å². The topological polar surface area (TPSA) is 79.4 Å². The van der Waals surface area contributed by atoms with Gasteiger partial charge < -0.3 is 15.4 Å². The normalized spacial score (nSPS) is 27.3. The minimum absolute atomic E-state index is 0.0132. The Labute approximate surface area is 141 Å². The highest BCUT2D eigenvalue weighted by molar-refractivity contribution is 5.73. The first kappa shape index (κ1) is 17.0. The van der Waals surface area contributed by atoms with Gasteiger partial charge in [0.15, 0.2) is 0 Å². The quantitative estimate of drug-likeness (QED) is 0.800. The Balaban J connectivity index is 1.43. The molecule has 1 aromatic heterocycles. The van der Waals surface area contributed by atoms with Gasteiger partial charge in [-0.2, -0.15) is 0 Å². The molecule has 2 aliphatic rings. The number of halogens is 1. The van der Waals surface area contributed by atoms with Gasteiger partial charge >= 0.3 is 6.03 Å². The Morgan fingerprint density at radius 3 is 2.88 bits per heavy atom. The molecule has 0 aliphatic carbocycles. The predicted octanol–water partition coefficient (Wildman–Crippen LogP) is 0.725. The van der Waals surface area contributed by atoms with Crippen LogP contribution in [0.25, 0.3) is 0 Å². The van der Waals surface area contributed by atoms with Crippen molar-refractivity contribution in [2.24, 2.45) is 5.92 Å². The third-order valence-electron chi connectivity index (χ3n) is 4.55. The standard InChI is InChI=1S/C16H24FN5O2/c17-14-3-15(22(9-14)8-13-4-18-11-19-5-13)7-21-16(23)20-6-12-1-2-24-10-12/h4-5,11-12,14-15H,1-3,6-10H2,(H2,20,21,23)/t12-,14-,15-/m0/s1. The number of hydrogen-bond acceptors (Lipinski definition) is 5. The number of nitrogens with one attached hydrogen (secondary N) is 2. The Bertz CT molecular complexity index is 526. The van der Waals surface area contributed by atoms with E-state index >= 15 is 0 Å². The fourth-order valence-corrected chi connectivity index (χ4v) is 3.23. The third kappa shape index (κ3) is 4.85. The van der Waals surface area contributed by atoms with Gasteiger partial charge in [0.2, 0.25) is 0 Å². The molecule has 0 spiro atoms. The molecule has 8 heteroatoms. The lowest BCUT2D eigenvalue weighted by Crippen LogP contribution is -2.44. The molecule has 24 heavy (non-hydrogen) atoms. The molecular weight excluding hydrogens is 313 g/mol. The van der Waals surface area contributed by atoms with Crippen molar-refractivity contribution in [1.82, 2.24) is 25.5 Å². The molecule has 2 amide bonds. The molecule has 0 aromatic carbocycles. The molecule has 3 rings (SSSR count). The van der Waals surface area contributed by atoms with Gasteiger partial charge in [0.25, 0.3) is 0 Å². The Morgan fingerprint density at radius 1 is 1.33 bits per heavy atom. The van der Waals surface area contributed by atoms with Crippen molar-refractivity contribution in [3.8, 4) is 0 Å². The van der Waals surface area contributed by atoms with Crippen LogP contribution in [-0.2, 0) is 11.3 Å². The Hall–Kier alpha value is -1.80. The summed E-state index contributed by atoms with van der Waals surface area (Å²) < 4.78 is 19.1. The van der Waals surface area contributed by atoms with E-state index in [1.165, 1.54) is 6.33 Å². The van der Waals surface area contributed by atoms with Crippen LogP contribution in [0.3, 0.4) is 0 Å². The Kier molecular flexibility index (Phi) is 5.92. The average molecular weight is 337 g/mol. The summed E-state index contributed by atoms with van der Waals surface area (Å²) >= 11 is 0. The molecule has 132 valence electrons. The zero-order valence-corrected chi connectivity index (χ0v) is 13.7. The van der Waals surface area contributed by atoms with Crippen LogP contribution >= 0.6 is 0 Å². The first-order valence-electron chi connectivity index (χ1n) is 8.42. The molecule has 7 nitrogen and oxygen atoms in total. The maximum Gasteiger partial charge on any atom is 0.314 e. The predicted molar refractivity (Wildman–Crippen MR) is 86.1 cm³/mol. The number of aromatic nitrogens is 2. The van der Waals surface area contributed by atoms with Crippen LogP contribution in [0.2, 0.25) is 0 Å². The van der Waals surface area contributed by atoms with Crippen LogP contribution < -0.4 is 10.6 Å². The number of nitrogens with zero attached hydrogens (tertiary/aromatic N) is 3. The fourth-order valence-electron chi connectivity index (χ4n) is 3.23. The first-order valence-corrected chi connectivity index (χ1v) is 8.42. The van der Waals surface area contributed by atoms with Crippen LogP contribution in [0.5, 0.6) is 0 Å². The van der Waals surface area contributed by atoms with Gasteiger partial charge in [-0.05, 0) is 12.8 Å². The molecule has 0 unspecified atom stereocenters. The molecule has 2 aliphatic heterocycles. The number of carbonyl (C=O) groups excluding carboxylic acids is 1. The van der Waals surface area contributed by atoms with Gasteiger partial charge in [-0.1, -0.05) is 0 Å². The van der Waals surface area contributed by atoms with E-state index in [-0.39, 0.29) is 12.1 Å². The van der Waals surface area contributed by atoms with Crippen LogP contribution in [0.4, 0.5) is 9.18 Å². The lowest BCUT2D eigenvalue weighted by molar-refractivity contribution is 0.184. The first-order chi connectivity index (χ1) is 11.7. The molecule has 3 atom stereocenters. The van der Waals surface area contributed by atoms with Crippen molar-refractivity contribution >= 4 is 6.03 Å². The molecule has 2 N–H and O–H groups in total. The minimum atomic E-state index is -0.861. The van der Waals surface area contributed by atoms with Crippen LogP contribution in [0, 0.1) is 5.92 Å². The Morgan fingerprint density at radius 2 is 2.12 bits per heavy atom. The smallest absolute Gasteiger partial charge is 0.314 e. The van der Waals surface area contributed by atoms with E-state index in [0.717, 1.165) is 18.6 Å². The number of alkyl halides is 1. The van der Waals surface area contributed by atoms with Crippen LogP contribution in [0.15, 0.2) is 18.7 Å². The summed E-state index contributed by atoms with van der Waals surface area (Å²) in [5.41, 5.74) is 0.947. The van der Waals surface area contributed by atoms with E-state index in [0.29, 0.717) is 45.1 Å². The number of amides is 2. The van der Waals surface area contributed by atoms with Crippen molar-refractivity contribution in [2.75, 3.05) is 32.8 Å². The zero-order chi connectivity index (χ0) is 16.8. The van der Waals surface area contributed by atoms with Crippen molar-refractivity contribution in [2.45, 2.75) is 31.6 Å². The van der Waals surface area contributed by atoms with Gasteiger partial charge in [0, 0.05) is 62.7 Å². The molecular formula is C16H24FN5O2. The molecule has 0 radical (unpaired) electrons. The van der Waals surface area contributed by atoms with Gasteiger partial charge in [0.1, 0.15) is 12.5 Å². The van der Waals surface area contributed by atoms with Gasteiger partial charge in [-0.25, -0.2) is 19.2 Å². The van der Waals surface area contributed by atoms with Crippen molar-refractivity contribution in [1.29, 1.82) is 0 Å². The van der Waals surface area contributed by atoms with Crippen molar-refractivity contribution in [3.05, 3.63) is 24.3 Å². The highest BCUT2D eigenvalue weighted by atomic mass is 19.1. The van der Waals surface area contributed by atoms with Crippen LogP contribution in [-0.4, -0.2) is 66.0 Å². The minimum Gasteiger partial charge on any atom is -0.381 e. The van der Waals surface area contributed by atoms with E-state index in [4.69, 9.17) is 4.74 Å². The van der Waals surface area contributed by atoms with E-state index in [9.17, 15) is 9.18 Å². The molecule has 3 heterocycles. The molecule has 1 aromatic rings. The zero-order valence-electron chi connectivity index (χ0n) is 13.7. The van der Waals surface area contributed by atoms with E-state index in [1.807, 2.05) is 4.90 Å². The van der Waals surface area contributed by atoms with Gasteiger partial charge in [-0.3, -0.25) is 4.90 Å². The summed E-state index contributed by atoms with van der Waals surface area (Å²) in [6.45, 7) is 3.50. The highest BCUT2D eigenvalue weighted by Crippen LogP contribution is 2.22. The monoisotopic (exact) mass is 337 g/mol. The number of rotatable bonds is 6.